The molecule has 0 aromatic rings. The van der Waals surface area contributed by atoms with E-state index in [1.165, 1.54) is 77.0 Å². The van der Waals surface area contributed by atoms with Crippen LogP contribution in [0.3, 0.4) is 0 Å². The molecule has 0 saturated heterocycles. The molecule has 0 rings (SSSR count). The first-order valence-electron chi connectivity index (χ1n) is 16.8. The quantitative estimate of drug-likeness (QED) is 0.0463. The molecule has 0 aliphatic rings. The Kier molecular flexibility index (Phi) is 23.5. The largest absolute Gasteiger partial charge is 0.481 e. The lowest BCUT2D eigenvalue weighted by Crippen LogP contribution is -2.58. The van der Waals surface area contributed by atoms with Crippen molar-refractivity contribution in [1.82, 2.24) is 0 Å². The van der Waals surface area contributed by atoms with Gasteiger partial charge in [-0.1, -0.05) is 97.6 Å². The second-order valence-electron chi connectivity index (χ2n) is 12.2. The van der Waals surface area contributed by atoms with Crippen LogP contribution in [0.15, 0.2) is 12.2 Å². The van der Waals surface area contributed by atoms with Crippen molar-refractivity contribution in [2.24, 2.45) is 17.8 Å². The van der Waals surface area contributed by atoms with E-state index in [4.69, 9.17) is 0 Å². The molecule has 240 valence electrons. The van der Waals surface area contributed by atoms with E-state index in [9.17, 15) is 29.7 Å². The van der Waals surface area contributed by atoms with E-state index in [1.54, 1.807) is 0 Å². The molecule has 3 N–H and O–H groups in total. The standard InChI is InChI=1S/C34H63NO6/c1-5-9-10-11-12-13-14-15-16-17-18-19-20-21-22-23-24-25-35(26-29(6-2)32(36)37,27-30(7-3)33(38)39)28-31(8-4)34(40)41/h14-15,29-31H,5-13,16-28H2,1-4H3,(H2-,36,37,38,39,40,41)/p+1/b15-14+. The highest BCUT2D eigenvalue weighted by Gasteiger charge is 2.40. The minimum atomic E-state index is -0.889. The fourth-order valence-electron chi connectivity index (χ4n) is 5.92. The van der Waals surface area contributed by atoms with E-state index in [1.807, 2.05) is 20.8 Å². The molecule has 0 saturated carbocycles. The van der Waals surface area contributed by atoms with Crippen molar-refractivity contribution in [1.29, 1.82) is 0 Å². The van der Waals surface area contributed by atoms with Crippen LogP contribution in [0.5, 0.6) is 0 Å². The van der Waals surface area contributed by atoms with E-state index < -0.39 is 35.7 Å². The fraction of sp³-hybridized carbons (Fsp3) is 0.853. The Hall–Kier alpha value is -1.89. The zero-order valence-electron chi connectivity index (χ0n) is 27.0. The van der Waals surface area contributed by atoms with Crippen LogP contribution >= 0.6 is 0 Å². The van der Waals surface area contributed by atoms with Crippen LogP contribution in [-0.4, -0.2) is 63.9 Å². The van der Waals surface area contributed by atoms with Gasteiger partial charge in [0.05, 0.1) is 26.2 Å². The van der Waals surface area contributed by atoms with Gasteiger partial charge in [0.1, 0.15) is 17.8 Å². The van der Waals surface area contributed by atoms with Gasteiger partial charge < -0.3 is 19.8 Å². The molecule has 0 fully saturated rings. The zero-order valence-corrected chi connectivity index (χ0v) is 27.0. The number of carboxylic acid groups (broad SMARTS) is 3. The molecule has 41 heavy (non-hydrogen) atoms. The highest BCUT2D eigenvalue weighted by Crippen LogP contribution is 2.25. The Morgan fingerprint density at radius 1 is 0.512 bits per heavy atom. The molecular formula is C34H64NO6+. The molecule has 0 radical (unpaired) electrons. The third kappa shape index (κ3) is 19.0. The average molecular weight is 583 g/mol. The van der Waals surface area contributed by atoms with E-state index in [-0.39, 0.29) is 24.1 Å². The van der Waals surface area contributed by atoms with Gasteiger partial charge in [-0.25, -0.2) is 0 Å². The molecule has 3 atom stereocenters. The van der Waals surface area contributed by atoms with Gasteiger partial charge in [0.25, 0.3) is 0 Å². The molecule has 0 amide bonds. The molecule has 0 aromatic heterocycles. The SMILES string of the molecule is CCCCCCC/C=C/CCCCCCCCCC[N+](CC(CC)C(=O)O)(CC(CC)C(=O)O)CC(CC)C(=O)O. The maximum atomic E-state index is 12.0. The van der Waals surface area contributed by atoms with Crippen LogP contribution in [0, 0.1) is 17.8 Å². The van der Waals surface area contributed by atoms with Gasteiger partial charge in [-0.05, 0) is 57.8 Å². The highest BCUT2D eigenvalue weighted by molar-refractivity contribution is 5.71. The van der Waals surface area contributed by atoms with Gasteiger partial charge >= 0.3 is 17.9 Å². The number of carbonyl (C=O) groups is 3. The van der Waals surface area contributed by atoms with Crippen molar-refractivity contribution in [3.63, 3.8) is 0 Å². The summed E-state index contributed by atoms with van der Waals surface area (Å²) in [6.45, 7) is 9.24. The zero-order chi connectivity index (χ0) is 30.9. The molecule has 0 aliphatic carbocycles. The predicted octanol–water partition coefficient (Wildman–Crippen LogP) is 8.56. The highest BCUT2D eigenvalue weighted by atomic mass is 16.4. The van der Waals surface area contributed by atoms with E-state index in [0.717, 1.165) is 19.3 Å². The van der Waals surface area contributed by atoms with Crippen molar-refractivity contribution < 1.29 is 34.2 Å². The summed E-state index contributed by atoms with van der Waals surface area (Å²) in [6, 6.07) is 0. The summed E-state index contributed by atoms with van der Waals surface area (Å²) in [6.07, 6.45) is 24.2. The Morgan fingerprint density at radius 3 is 1.15 bits per heavy atom. The monoisotopic (exact) mass is 582 g/mol. The normalized spacial score (nSPS) is 15.4. The number of rotatable bonds is 29. The maximum Gasteiger partial charge on any atom is 0.312 e. The van der Waals surface area contributed by atoms with Gasteiger partial charge in [-0.15, -0.1) is 0 Å². The van der Waals surface area contributed by atoms with E-state index in [0.29, 0.717) is 25.8 Å². The lowest BCUT2D eigenvalue weighted by atomic mass is 9.95. The molecular weight excluding hydrogens is 518 g/mol. The number of unbranched alkanes of at least 4 members (excludes halogenated alkanes) is 13. The molecule has 0 aliphatic heterocycles. The third-order valence-electron chi connectivity index (χ3n) is 8.74. The van der Waals surface area contributed by atoms with Gasteiger partial charge in [-0.2, -0.15) is 0 Å². The molecule has 7 heteroatoms. The minimum Gasteiger partial charge on any atom is -0.481 e. The van der Waals surface area contributed by atoms with E-state index >= 15 is 0 Å². The predicted molar refractivity (Wildman–Crippen MR) is 168 cm³/mol. The topological polar surface area (TPSA) is 112 Å². The summed E-state index contributed by atoms with van der Waals surface area (Å²) in [5.74, 6) is -4.52. The maximum absolute atomic E-state index is 12.0. The van der Waals surface area contributed by atoms with Crippen LogP contribution < -0.4 is 0 Å². The Bertz CT molecular complexity index is 662. The van der Waals surface area contributed by atoms with Crippen molar-refractivity contribution in [2.75, 3.05) is 26.2 Å². The van der Waals surface area contributed by atoms with Crippen LogP contribution in [-0.2, 0) is 14.4 Å². The summed E-state index contributed by atoms with van der Waals surface area (Å²) in [5.41, 5.74) is 0. The summed E-state index contributed by atoms with van der Waals surface area (Å²) in [4.78, 5) is 35.9. The minimum absolute atomic E-state index is 0.257. The molecule has 3 unspecified atom stereocenters. The third-order valence-corrected chi connectivity index (χ3v) is 8.74. The number of allylic oxidation sites excluding steroid dienone is 2. The fourth-order valence-corrected chi connectivity index (χ4v) is 5.92. The first-order chi connectivity index (χ1) is 19.7. The average Bonchev–Trinajstić information content (AvgIpc) is 2.94. The van der Waals surface area contributed by atoms with Crippen molar-refractivity contribution in [3.05, 3.63) is 12.2 Å². The smallest absolute Gasteiger partial charge is 0.312 e. The van der Waals surface area contributed by atoms with Gasteiger partial charge in [0.2, 0.25) is 0 Å². The van der Waals surface area contributed by atoms with Crippen LogP contribution in [0.4, 0.5) is 0 Å². The number of quaternary nitrogens is 1. The summed E-state index contributed by atoms with van der Waals surface area (Å²) in [7, 11) is 0. The van der Waals surface area contributed by atoms with Gasteiger partial charge in [-0.3, -0.25) is 14.4 Å². The summed E-state index contributed by atoms with van der Waals surface area (Å²) in [5, 5.41) is 29.4. The lowest BCUT2D eigenvalue weighted by molar-refractivity contribution is -0.935. The number of aliphatic carboxylic acids is 3. The Labute approximate surface area is 251 Å². The van der Waals surface area contributed by atoms with Crippen LogP contribution in [0.1, 0.15) is 143 Å². The molecule has 0 aromatic carbocycles. The molecule has 0 spiro atoms. The van der Waals surface area contributed by atoms with Crippen LogP contribution in [0.2, 0.25) is 0 Å². The molecule has 0 bridgehead atoms. The van der Waals surface area contributed by atoms with Crippen molar-refractivity contribution in [2.45, 2.75) is 143 Å². The van der Waals surface area contributed by atoms with Crippen LogP contribution in [0.25, 0.3) is 0 Å². The lowest BCUT2D eigenvalue weighted by Gasteiger charge is -2.43. The number of hydrogen-bond acceptors (Lipinski definition) is 3. The second kappa shape index (κ2) is 24.7. The second-order valence-corrected chi connectivity index (χ2v) is 12.2. The summed E-state index contributed by atoms with van der Waals surface area (Å²) >= 11 is 0. The Morgan fingerprint density at radius 2 is 0.829 bits per heavy atom. The van der Waals surface area contributed by atoms with Gasteiger partial charge in [0.15, 0.2) is 0 Å². The number of carboxylic acids is 3. The summed E-state index contributed by atoms with van der Waals surface area (Å²) < 4.78 is 0.257. The first kappa shape index (κ1) is 39.1. The van der Waals surface area contributed by atoms with Gasteiger partial charge in [0, 0.05) is 0 Å². The number of nitrogens with zero attached hydrogens (tertiary/aromatic N) is 1. The van der Waals surface area contributed by atoms with Crippen molar-refractivity contribution >= 4 is 17.9 Å². The first-order valence-corrected chi connectivity index (χ1v) is 16.8. The molecule has 7 nitrogen and oxygen atoms in total. The van der Waals surface area contributed by atoms with E-state index in [2.05, 4.69) is 19.1 Å². The Balaban J connectivity index is 4.80. The number of hydrogen-bond donors (Lipinski definition) is 3. The molecule has 0 heterocycles. The van der Waals surface area contributed by atoms with Crippen molar-refractivity contribution in [3.8, 4) is 0 Å².